The summed E-state index contributed by atoms with van der Waals surface area (Å²) in [4.78, 5) is 14.7. The van der Waals surface area contributed by atoms with Crippen LogP contribution in [0.15, 0.2) is 65.8 Å². The molecular weight excluding hydrogens is 386 g/mol. The fourth-order valence-electron chi connectivity index (χ4n) is 3.42. The highest BCUT2D eigenvalue weighted by Gasteiger charge is 2.46. The molecule has 0 unspecified atom stereocenters. The van der Waals surface area contributed by atoms with Gasteiger partial charge < -0.3 is 18.9 Å². The van der Waals surface area contributed by atoms with Crippen molar-refractivity contribution in [3.8, 4) is 0 Å². The Morgan fingerprint density at radius 1 is 0.967 bits per heavy atom. The SMILES string of the molecule is COC(=O)C[C@@H]1O[C@H](CN=[N+]=[N-])[C@@H](OCc2ccccc2)[C@H]1OCc1ccccc1. The average molecular weight is 411 g/mol. The standard InChI is InChI=1S/C22H25N3O5/c1-27-20(26)12-18-21(28-14-16-8-4-2-5-9-16)22(19(30-18)13-24-25-23)29-15-17-10-6-3-7-11-17/h2-11,18-19,21-22H,12-15H2,1H3/t18-,19+,21-,22+/m0/s1. The van der Waals surface area contributed by atoms with Gasteiger partial charge >= 0.3 is 5.97 Å². The average Bonchev–Trinajstić information content (AvgIpc) is 3.11. The Hall–Kier alpha value is -2.90. The van der Waals surface area contributed by atoms with Gasteiger partial charge in [-0.1, -0.05) is 65.8 Å². The molecule has 1 heterocycles. The van der Waals surface area contributed by atoms with E-state index in [1.807, 2.05) is 60.7 Å². The van der Waals surface area contributed by atoms with E-state index < -0.39 is 30.4 Å². The van der Waals surface area contributed by atoms with Crippen LogP contribution >= 0.6 is 0 Å². The summed E-state index contributed by atoms with van der Waals surface area (Å²) in [6.07, 6.45) is -2.10. The van der Waals surface area contributed by atoms with E-state index in [1.165, 1.54) is 7.11 Å². The molecule has 8 heteroatoms. The van der Waals surface area contributed by atoms with Crippen LogP contribution < -0.4 is 0 Å². The van der Waals surface area contributed by atoms with Crippen molar-refractivity contribution in [1.82, 2.24) is 0 Å². The molecule has 1 fully saturated rings. The van der Waals surface area contributed by atoms with Gasteiger partial charge in [0.2, 0.25) is 0 Å². The van der Waals surface area contributed by atoms with Crippen molar-refractivity contribution in [2.24, 2.45) is 5.11 Å². The minimum Gasteiger partial charge on any atom is -0.469 e. The Bertz CT molecular complexity index is 842. The van der Waals surface area contributed by atoms with Gasteiger partial charge in [0.25, 0.3) is 0 Å². The Morgan fingerprint density at radius 2 is 1.50 bits per heavy atom. The van der Waals surface area contributed by atoms with Gasteiger partial charge in [-0.15, -0.1) is 0 Å². The molecule has 0 aliphatic carbocycles. The smallest absolute Gasteiger partial charge is 0.308 e. The second kappa shape index (κ2) is 11.3. The van der Waals surface area contributed by atoms with Crippen molar-refractivity contribution in [3.63, 3.8) is 0 Å². The summed E-state index contributed by atoms with van der Waals surface area (Å²) in [5, 5.41) is 3.65. The van der Waals surface area contributed by atoms with Gasteiger partial charge in [0, 0.05) is 4.91 Å². The maximum atomic E-state index is 11.9. The first-order valence-corrected chi connectivity index (χ1v) is 9.75. The molecule has 4 atom stereocenters. The van der Waals surface area contributed by atoms with E-state index in [1.54, 1.807) is 0 Å². The van der Waals surface area contributed by atoms with Crippen molar-refractivity contribution in [2.45, 2.75) is 44.1 Å². The lowest BCUT2D eigenvalue weighted by Crippen LogP contribution is -2.39. The lowest BCUT2D eigenvalue weighted by Gasteiger charge is -2.24. The maximum absolute atomic E-state index is 11.9. The second-order valence-corrected chi connectivity index (χ2v) is 6.93. The molecule has 1 saturated heterocycles. The van der Waals surface area contributed by atoms with Crippen LogP contribution in [0.1, 0.15) is 17.5 Å². The van der Waals surface area contributed by atoms with E-state index in [4.69, 9.17) is 24.5 Å². The molecule has 158 valence electrons. The predicted molar refractivity (Wildman–Crippen MR) is 109 cm³/mol. The third-order valence-corrected chi connectivity index (χ3v) is 4.90. The Balaban J connectivity index is 1.77. The van der Waals surface area contributed by atoms with E-state index in [0.29, 0.717) is 13.2 Å². The molecule has 0 aromatic heterocycles. The van der Waals surface area contributed by atoms with Crippen molar-refractivity contribution >= 4 is 5.97 Å². The van der Waals surface area contributed by atoms with E-state index in [-0.39, 0.29) is 13.0 Å². The minimum atomic E-state index is -0.569. The lowest BCUT2D eigenvalue weighted by molar-refractivity contribution is -0.145. The first-order valence-electron chi connectivity index (χ1n) is 9.75. The van der Waals surface area contributed by atoms with Gasteiger partial charge in [0.1, 0.15) is 12.2 Å². The zero-order valence-electron chi connectivity index (χ0n) is 16.8. The lowest BCUT2D eigenvalue weighted by atomic mass is 10.0. The Morgan fingerprint density at radius 3 is 2.00 bits per heavy atom. The highest BCUT2D eigenvalue weighted by atomic mass is 16.6. The molecule has 0 saturated carbocycles. The quantitative estimate of drug-likeness (QED) is 0.256. The Kier molecular flexibility index (Phi) is 8.23. The molecule has 1 aliphatic heterocycles. The van der Waals surface area contributed by atoms with Crippen LogP contribution in [0.2, 0.25) is 0 Å². The molecule has 0 N–H and O–H groups in total. The van der Waals surface area contributed by atoms with Crippen molar-refractivity contribution in [2.75, 3.05) is 13.7 Å². The summed E-state index contributed by atoms with van der Waals surface area (Å²) in [6.45, 7) is 0.766. The van der Waals surface area contributed by atoms with Crippen LogP contribution in [-0.2, 0) is 37.0 Å². The van der Waals surface area contributed by atoms with Gasteiger partial charge in [-0.3, -0.25) is 4.79 Å². The predicted octanol–water partition coefficient (Wildman–Crippen LogP) is 3.80. The molecule has 1 aliphatic rings. The Labute approximate surface area is 175 Å². The molecule has 8 nitrogen and oxygen atoms in total. The van der Waals surface area contributed by atoms with Crippen molar-refractivity contribution in [1.29, 1.82) is 0 Å². The highest BCUT2D eigenvalue weighted by Crippen LogP contribution is 2.31. The van der Waals surface area contributed by atoms with Crippen LogP contribution in [0, 0.1) is 0 Å². The molecular formula is C22H25N3O5. The molecule has 3 rings (SSSR count). The number of nitrogens with zero attached hydrogens (tertiary/aromatic N) is 3. The molecule has 0 amide bonds. The fourth-order valence-corrected chi connectivity index (χ4v) is 3.42. The zero-order valence-corrected chi connectivity index (χ0v) is 16.8. The summed E-state index contributed by atoms with van der Waals surface area (Å²) >= 11 is 0. The number of hydrogen-bond acceptors (Lipinski definition) is 6. The number of ether oxygens (including phenoxy) is 4. The monoisotopic (exact) mass is 411 g/mol. The number of hydrogen-bond donors (Lipinski definition) is 0. The molecule has 2 aromatic carbocycles. The minimum absolute atomic E-state index is 0.0217. The third-order valence-electron chi connectivity index (χ3n) is 4.90. The maximum Gasteiger partial charge on any atom is 0.308 e. The summed E-state index contributed by atoms with van der Waals surface area (Å²) in [7, 11) is 1.33. The highest BCUT2D eigenvalue weighted by molar-refractivity contribution is 5.70. The van der Waals surface area contributed by atoms with Crippen LogP contribution in [-0.4, -0.2) is 44.0 Å². The molecule has 0 radical (unpaired) electrons. The fraction of sp³-hybridized carbons (Fsp3) is 0.409. The van der Waals surface area contributed by atoms with Gasteiger partial charge in [0.05, 0.1) is 45.5 Å². The topological polar surface area (TPSA) is 103 Å². The molecule has 2 aromatic rings. The van der Waals surface area contributed by atoms with Gasteiger partial charge in [-0.25, -0.2) is 0 Å². The number of benzene rings is 2. The van der Waals surface area contributed by atoms with Crippen LogP contribution in [0.4, 0.5) is 0 Å². The van der Waals surface area contributed by atoms with Crippen LogP contribution in [0.25, 0.3) is 10.4 Å². The summed E-state index contributed by atoms with van der Waals surface area (Å²) < 4.78 is 23.2. The second-order valence-electron chi connectivity index (χ2n) is 6.93. The number of carbonyl (C=O) groups is 1. The van der Waals surface area contributed by atoms with Crippen molar-refractivity contribution < 1.29 is 23.7 Å². The number of rotatable bonds is 10. The summed E-state index contributed by atoms with van der Waals surface area (Å²) in [6, 6.07) is 19.5. The molecule has 30 heavy (non-hydrogen) atoms. The van der Waals surface area contributed by atoms with Gasteiger partial charge in [0.15, 0.2) is 0 Å². The van der Waals surface area contributed by atoms with Crippen LogP contribution in [0.5, 0.6) is 0 Å². The summed E-state index contributed by atoms with van der Waals surface area (Å²) in [5.41, 5.74) is 10.7. The number of esters is 1. The van der Waals surface area contributed by atoms with E-state index in [9.17, 15) is 4.79 Å². The molecule has 0 spiro atoms. The van der Waals surface area contributed by atoms with Gasteiger partial charge in [-0.2, -0.15) is 0 Å². The third kappa shape index (κ3) is 6.05. The van der Waals surface area contributed by atoms with E-state index in [0.717, 1.165) is 11.1 Å². The first kappa shape index (κ1) is 21.8. The van der Waals surface area contributed by atoms with Crippen LogP contribution in [0.3, 0.4) is 0 Å². The van der Waals surface area contributed by atoms with Crippen molar-refractivity contribution in [3.05, 3.63) is 82.2 Å². The number of carbonyl (C=O) groups excluding carboxylic acids is 1. The summed E-state index contributed by atoms with van der Waals surface area (Å²) in [5.74, 6) is -0.403. The first-order chi connectivity index (χ1) is 14.7. The van der Waals surface area contributed by atoms with E-state index in [2.05, 4.69) is 10.0 Å². The largest absolute Gasteiger partial charge is 0.469 e. The number of azide groups is 1. The van der Waals surface area contributed by atoms with E-state index >= 15 is 0 Å². The van der Waals surface area contributed by atoms with Gasteiger partial charge in [-0.05, 0) is 16.7 Å². The normalized spacial score (nSPS) is 23.0. The molecule has 0 bridgehead atoms. The number of methoxy groups -OCH3 is 1. The zero-order chi connectivity index (χ0) is 21.2.